The van der Waals surface area contributed by atoms with Crippen molar-refractivity contribution in [3.05, 3.63) is 27.2 Å². The second kappa shape index (κ2) is 6.34. The van der Waals surface area contributed by atoms with Crippen LogP contribution >= 0.6 is 34.8 Å². The van der Waals surface area contributed by atoms with Crippen LogP contribution in [0.2, 0.25) is 15.1 Å². The second-order valence-corrected chi connectivity index (χ2v) is 4.98. The van der Waals surface area contributed by atoms with Gasteiger partial charge in [-0.2, -0.15) is 0 Å². The first kappa shape index (κ1) is 14.4. The highest BCUT2D eigenvalue weighted by molar-refractivity contribution is 6.43. The van der Waals surface area contributed by atoms with Gasteiger partial charge < -0.3 is 9.47 Å². The first-order valence-electron chi connectivity index (χ1n) is 4.89. The van der Waals surface area contributed by atoms with Crippen LogP contribution in [0.4, 0.5) is 4.79 Å². The monoisotopic (exact) mass is 296 g/mol. The average molecular weight is 298 g/mol. The average Bonchev–Trinajstić information content (AvgIpc) is 2.23. The molecule has 0 aliphatic rings. The van der Waals surface area contributed by atoms with E-state index in [0.29, 0.717) is 5.02 Å². The minimum Gasteiger partial charge on any atom is -0.434 e. The van der Waals surface area contributed by atoms with Crippen molar-refractivity contribution in [1.82, 2.24) is 0 Å². The van der Waals surface area contributed by atoms with E-state index in [1.54, 1.807) is 0 Å². The smallest absolute Gasteiger partial charge is 0.434 e. The molecule has 0 aromatic heterocycles. The van der Waals surface area contributed by atoms with Gasteiger partial charge >= 0.3 is 6.16 Å². The Hall–Kier alpha value is -0.640. The van der Waals surface area contributed by atoms with E-state index < -0.39 is 6.16 Å². The summed E-state index contributed by atoms with van der Waals surface area (Å²) in [4.78, 5) is 11.3. The van der Waals surface area contributed by atoms with Gasteiger partial charge in [0, 0.05) is 6.07 Å². The molecule has 0 saturated carbocycles. The number of carbonyl (C=O) groups excluding carboxylic acids is 1. The Kier molecular flexibility index (Phi) is 5.37. The molecule has 3 nitrogen and oxygen atoms in total. The van der Waals surface area contributed by atoms with Gasteiger partial charge in [0.2, 0.25) is 0 Å². The highest BCUT2D eigenvalue weighted by atomic mass is 35.5. The summed E-state index contributed by atoms with van der Waals surface area (Å²) in [7, 11) is 0. The van der Waals surface area contributed by atoms with Crippen molar-refractivity contribution in [3.63, 3.8) is 0 Å². The van der Waals surface area contributed by atoms with Crippen LogP contribution in [0.3, 0.4) is 0 Å². The molecular formula is C11H11Cl3O3. The highest BCUT2D eigenvalue weighted by Crippen LogP contribution is 2.33. The van der Waals surface area contributed by atoms with Crippen LogP contribution in [0.5, 0.6) is 5.75 Å². The highest BCUT2D eigenvalue weighted by Gasteiger charge is 2.12. The summed E-state index contributed by atoms with van der Waals surface area (Å²) in [5.41, 5.74) is 0. The van der Waals surface area contributed by atoms with E-state index in [-0.39, 0.29) is 28.3 Å². The largest absolute Gasteiger partial charge is 0.513 e. The first-order valence-corrected chi connectivity index (χ1v) is 6.02. The molecule has 0 saturated heterocycles. The Morgan fingerprint density at radius 2 is 1.76 bits per heavy atom. The third kappa shape index (κ3) is 4.62. The number of hydrogen-bond acceptors (Lipinski definition) is 3. The summed E-state index contributed by atoms with van der Waals surface area (Å²) >= 11 is 17.3. The summed E-state index contributed by atoms with van der Waals surface area (Å²) in [5, 5.41) is 0.739. The van der Waals surface area contributed by atoms with Gasteiger partial charge in [-0.05, 0) is 12.0 Å². The van der Waals surface area contributed by atoms with Crippen LogP contribution in [0.25, 0.3) is 0 Å². The first-order chi connectivity index (χ1) is 7.90. The molecular weight excluding hydrogens is 286 g/mol. The molecule has 0 spiro atoms. The van der Waals surface area contributed by atoms with Crippen LogP contribution in [-0.4, -0.2) is 12.8 Å². The molecule has 1 aromatic carbocycles. The molecule has 0 N–H and O–H groups in total. The maximum atomic E-state index is 11.3. The molecule has 6 heteroatoms. The van der Waals surface area contributed by atoms with Gasteiger partial charge in [-0.25, -0.2) is 4.79 Å². The van der Waals surface area contributed by atoms with E-state index in [1.165, 1.54) is 12.1 Å². The van der Waals surface area contributed by atoms with Gasteiger partial charge in [-0.15, -0.1) is 0 Å². The van der Waals surface area contributed by atoms with Crippen LogP contribution < -0.4 is 4.74 Å². The zero-order valence-corrected chi connectivity index (χ0v) is 11.6. The fourth-order valence-electron chi connectivity index (χ4n) is 0.936. The molecule has 94 valence electrons. The quantitative estimate of drug-likeness (QED) is 0.456. The van der Waals surface area contributed by atoms with E-state index in [1.807, 2.05) is 13.8 Å². The Morgan fingerprint density at radius 3 is 2.35 bits per heavy atom. The minimum atomic E-state index is -0.820. The lowest BCUT2D eigenvalue weighted by atomic mass is 10.2. The molecule has 0 radical (unpaired) electrons. The van der Waals surface area contributed by atoms with Gasteiger partial charge in [0.1, 0.15) is 0 Å². The van der Waals surface area contributed by atoms with E-state index in [4.69, 9.17) is 44.3 Å². The lowest BCUT2D eigenvalue weighted by Crippen LogP contribution is -2.14. The number of halogens is 3. The predicted molar refractivity (Wildman–Crippen MR) is 68.3 cm³/mol. The lowest BCUT2D eigenvalue weighted by Gasteiger charge is -2.09. The van der Waals surface area contributed by atoms with E-state index in [2.05, 4.69) is 0 Å². The SMILES string of the molecule is CC(C)COC(=O)Oc1cc(Cl)c(Cl)cc1Cl. The Bertz CT molecular complexity index is 419. The van der Waals surface area contributed by atoms with Crippen molar-refractivity contribution >= 4 is 41.0 Å². The van der Waals surface area contributed by atoms with Crippen molar-refractivity contribution in [3.8, 4) is 5.75 Å². The number of benzene rings is 1. The molecule has 1 aromatic rings. The molecule has 0 bridgehead atoms. The summed E-state index contributed by atoms with van der Waals surface area (Å²) < 4.78 is 9.73. The number of rotatable bonds is 3. The molecule has 0 amide bonds. The molecule has 0 aliphatic carbocycles. The zero-order valence-electron chi connectivity index (χ0n) is 9.30. The third-order valence-corrected chi connectivity index (χ3v) is 2.72. The lowest BCUT2D eigenvalue weighted by molar-refractivity contribution is 0.0886. The molecule has 0 unspecified atom stereocenters. The summed E-state index contributed by atoms with van der Waals surface area (Å²) in [6.45, 7) is 4.11. The maximum Gasteiger partial charge on any atom is 0.513 e. The summed E-state index contributed by atoms with van der Waals surface area (Å²) in [6, 6.07) is 2.76. The number of hydrogen-bond donors (Lipinski definition) is 0. The van der Waals surface area contributed by atoms with Crippen molar-refractivity contribution in [2.75, 3.05) is 6.61 Å². The van der Waals surface area contributed by atoms with Crippen molar-refractivity contribution in [2.24, 2.45) is 5.92 Å². The molecule has 0 heterocycles. The summed E-state index contributed by atoms with van der Waals surface area (Å²) in [6.07, 6.45) is -0.820. The standard InChI is InChI=1S/C11H11Cl3O3/c1-6(2)5-16-11(15)17-10-4-8(13)7(12)3-9(10)14/h3-4,6H,5H2,1-2H3. The number of carbonyl (C=O) groups is 1. The normalized spacial score (nSPS) is 10.5. The van der Waals surface area contributed by atoms with Gasteiger partial charge in [-0.1, -0.05) is 48.7 Å². The molecule has 0 fully saturated rings. The Morgan fingerprint density at radius 1 is 1.18 bits per heavy atom. The van der Waals surface area contributed by atoms with E-state index in [0.717, 1.165) is 0 Å². The molecule has 0 atom stereocenters. The second-order valence-electron chi connectivity index (χ2n) is 3.75. The van der Waals surface area contributed by atoms with E-state index in [9.17, 15) is 4.79 Å². The Labute approximate surface area is 115 Å². The topological polar surface area (TPSA) is 35.5 Å². The van der Waals surface area contributed by atoms with Gasteiger partial charge in [0.05, 0.1) is 21.7 Å². The Balaban J connectivity index is 2.68. The van der Waals surface area contributed by atoms with Crippen molar-refractivity contribution in [2.45, 2.75) is 13.8 Å². The van der Waals surface area contributed by atoms with Crippen LogP contribution in [0.1, 0.15) is 13.8 Å². The fraction of sp³-hybridized carbons (Fsp3) is 0.364. The molecule has 17 heavy (non-hydrogen) atoms. The zero-order chi connectivity index (χ0) is 13.0. The van der Waals surface area contributed by atoms with Crippen LogP contribution in [0, 0.1) is 5.92 Å². The fourth-order valence-corrected chi connectivity index (χ4v) is 1.51. The number of ether oxygens (including phenoxy) is 2. The predicted octanol–water partition coefficient (Wildman–Crippen LogP) is 4.82. The maximum absolute atomic E-state index is 11.3. The van der Waals surface area contributed by atoms with E-state index >= 15 is 0 Å². The van der Waals surface area contributed by atoms with Gasteiger partial charge in [0.25, 0.3) is 0 Å². The van der Waals surface area contributed by atoms with Gasteiger partial charge in [0.15, 0.2) is 5.75 Å². The van der Waals surface area contributed by atoms with Gasteiger partial charge in [-0.3, -0.25) is 0 Å². The molecule has 0 aliphatic heterocycles. The third-order valence-electron chi connectivity index (χ3n) is 1.70. The minimum absolute atomic E-state index is 0.120. The van der Waals surface area contributed by atoms with Crippen LogP contribution in [-0.2, 0) is 4.74 Å². The molecule has 1 rings (SSSR count). The van der Waals surface area contributed by atoms with Crippen LogP contribution in [0.15, 0.2) is 12.1 Å². The van der Waals surface area contributed by atoms with Crippen molar-refractivity contribution in [1.29, 1.82) is 0 Å². The summed E-state index contributed by atoms with van der Waals surface area (Å²) in [5.74, 6) is 0.349. The van der Waals surface area contributed by atoms with Crippen molar-refractivity contribution < 1.29 is 14.3 Å².